The smallest absolute Gasteiger partial charge is 0.258 e. The Hall–Kier alpha value is -1.81. The van der Waals surface area contributed by atoms with E-state index in [1.165, 1.54) is 6.07 Å². The third-order valence-electron chi connectivity index (χ3n) is 2.92. The normalized spacial score (nSPS) is 10.3. The van der Waals surface area contributed by atoms with Gasteiger partial charge in [0.25, 0.3) is 5.91 Å². The van der Waals surface area contributed by atoms with E-state index >= 15 is 0 Å². The zero-order valence-corrected chi connectivity index (χ0v) is 12.3. The first-order valence-electron chi connectivity index (χ1n) is 5.82. The van der Waals surface area contributed by atoms with Crippen molar-refractivity contribution in [3.05, 3.63) is 58.1 Å². The van der Waals surface area contributed by atoms with Gasteiger partial charge in [0.15, 0.2) is 0 Å². The predicted molar refractivity (Wildman–Crippen MR) is 79.7 cm³/mol. The standard InChI is InChI=1S/C15H14BrNO2/c1-10-3-6-12(7-4-10)17(2)15(19)11-5-8-13(16)14(18)9-11/h3-9,18H,1-2H3. The molecule has 0 bridgehead atoms. The number of carbonyl (C=O) groups excluding carboxylic acids is 1. The number of rotatable bonds is 2. The summed E-state index contributed by atoms with van der Waals surface area (Å²) in [6.07, 6.45) is 0. The van der Waals surface area contributed by atoms with Crippen LogP contribution in [-0.4, -0.2) is 18.1 Å². The first kappa shape index (κ1) is 13.6. The summed E-state index contributed by atoms with van der Waals surface area (Å²) >= 11 is 3.19. The van der Waals surface area contributed by atoms with Gasteiger partial charge in [-0.2, -0.15) is 0 Å². The van der Waals surface area contributed by atoms with E-state index in [-0.39, 0.29) is 11.7 Å². The van der Waals surface area contributed by atoms with Crippen molar-refractivity contribution in [2.75, 3.05) is 11.9 Å². The van der Waals surface area contributed by atoms with Gasteiger partial charge in [0.2, 0.25) is 0 Å². The number of anilines is 1. The van der Waals surface area contributed by atoms with E-state index in [2.05, 4.69) is 15.9 Å². The molecule has 0 fully saturated rings. The maximum atomic E-state index is 12.3. The summed E-state index contributed by atoms with van der Waals surface area (Å²) in [6, 6.07) is 12.5. The van der Waals surface area contributed by atoms with E-state index in [9.17, 15) is 9.90 Å². The molecule has 1 N–H and O–H groups in total. The van der Waals surface area contributed by atoms with Gasteiger partial charge in [-0.1, -0.05) is 17.7 Å². The molecule has 19 heavy (non-hydrogen) atoms. The van der Waals surface area contributed by atoms with Crippen molar-refractivity contribution in [1.29, 1.82) is 0 Å². The van der Waals surface area contributed by atoms with Crippen LogP contribution in [0.3, 0.4) is 0 Å². The molecule has 0 radical (unpaired) electrons. The fraction of sp³-hybridized carbons (Fsp3) is 0.133. The summed E-state index contributed by atoms with van der Waals surface area (Å²) in [4.78, 5) is 13.9. The van der Waals surface area contributed by atoms with Gasteiger partial charge < -0.3 is 10.0 Å². The average molecular weight is 320 g/mol. The number of nitrogens with zero attached hydrogens (tertiary/aromatic N) is 1. The number of aromatic hydroxyl groups is 1. The largest absolute Gasteiger partial charge is 0.507 e. The van der Waals surface area contributed by atoms with Crippen molar-refractivity contribution in [3.8, 4) is 5.75 Å². The number of phenols is 1. The summed E-state index contributed by atoms with van der Waals surface area (Å²) in [7, 11) is 1.71. The van der Waals surface area contributed by atoms with E-state index in [1.54, 1.807) is 24.1 Å². The van der Waals surface area contributed by atoms with Crippen molar-refractivity contribution in [1.82, 2.24) is 0 Å². The van der Waals surface area contributed by atoms with Crippen LogP contribution >= 0.6 is 15.9 Å². The lowest BCUT2D eigenvalue weighted by Gasteiger charge is -2.17. The van der Waals surface area contributed by atoms with Crippen LogP contribution in [0.2, 0.25) is 0 Å². The second-order valence-corrected chi connectivity index (χ2v) is 5.22. The number of hydrogen-bond acceptors (Lipinski definition) is 2. The monoisotopic (exact) mass is 319 g/mol. The number of aryl methyl sites for hydroxylation is 1. The summed E-state index contributed by atoms with van der Waals surface area (Å²) < 4.78 is 0.571. The van der Waals surface area contributed by atoms with Crippen LogP contribution in [0.25, 0.3) is 0 Å². The van der Waals surface area contributed by atoms with E-state index in [1.807, 2.05) is 31.2 Å². The molecule has 2 aromatic carbocycles. The van der Waals surface area contributed by atoms with E-state index in [4.69, 9.17) is 0 Å². The summed E-state index contributed by atoms with van der Waals surface area (Å²) in [5.41, 5.74) is 2.41. The number of benzene rings is 2. The Labute approximate surface area is 120 Å². The van der Waals surface area contributed by atoms with Gasteiger partial charge in [0.1, 0.15) is 5.75 Å². The maximum Gasteiger partial charge on any atom is 0.258 e. The van der Waals surface area contributed by atoms with Gasteiger partial charge in [-0.05, 0) is 53.2 Å². The molecule has 0 atom stereocenters. The molecule has 0 saturated carbocycles. The summed E-state index contributed by atoms with van der Waals surface area (Å²) in [6.45, 7) is 2.00. The molecule has 2 rings (SSSR count). The number of hydrogen-bond donors (Lipinski definition) is 1. The quantitative estimate of drug-likeness (QED) is 0.916. The fourth-order valence-corrected chi connectivity index (χ4v) is 1.97. The lowest BCUT2D eigenvalue weighted by atomic mass is 10.1. The topological polar surface area (TPSA) is 40.5 Å². The molecule has 0 heterocycles. The minimum absolute atomic E-state index is 0.0585. The second kappa shape index (κ2) is 5.45. The third-order valence-corrected chi connectivity index (χ3v) is 3.59. The molecule has 2 aromatic rings. The van der Waals surface area contributed by atoms with Crippen molar-refractivity contribution in [2.45, 2.75) is 6.92 Å². The number of amides is 1. The third kappa shape index (κ3) is 2.96. The molecule has 98 valence electrons. The van der Waals surface area contributed by atoms with Crippen LogP contribution in [0.1, 0.15) is 15.9 Å². The maximum absolute atomic E-state index is 12.3. The Bertz CT molecular complexity index is 608. The highest BCUT2D eigenvalue weighted by Crippen LogP contribution is 2.25. The molecule has 3 nitrogen and oxygen atoms in total. The van der Waals surface area contributed by atoms with Crippen LogP contribution in [0.15, 0.2) is 46.9 Å². The Kier molecular flexibility index (Phi) is 3.90. The lowest BCUT2D eigenvalue weighted by molar-refractivity contribution is 0.0992. The van der Waals surface area contributed by atoms with Crippen LogP contribution < -0.4 is 4.90 Å². The average Bonchev–Trinajstić information content (AvgIpc) is 2.41. The van der Waals surface area contributed by atoms with Crippen LogP contribution in [0.5, 0.6) is 5.75 Å². The molecule has 1 amide bonds. The Morgan fingerprint density at radius 2 is 1.79 bits per heavy atom. The molecule has 0 saturated heterocycles. The molecule has 0 aliphatic rings. The molecule has 0 aliphatic carbocycles. The Morgan fingerprint density at radius 3 is 2.37 bits per heavy atom. The number of halogens is 1. The van der Waals surface area contributed by atoms with Crippen LogP contribution in [0, 0.1) is 6.92 Å². The highest BCUT2D eigenvalue weighted by atomic mass is 79.9. The van der Waals surface area contributed by atoms with Crippen molar-refractivity contribution >= 4 is 27.5 Å². The van der Waals surface area contributed by atoms with Gasteiger partial charge >= 0.3 is 0 Å². The van der Waals surface area contributed by atoms with Crippen molar-refractivity contribution < 1.29 is 9.90 Å². The fourth-order valence-electron chi connectivity index (χ4n) is 1.72. The molecular formula is C15H14BrNO2. The zero-order chi connectivity index (χ0) is 14.0. The zero-order valence-electron chi connectivity index (χ0n) is 10.7. The Morgan fingerprint density at radius 1 is 1.16 bits per heavy atom. The molecule has 0 unspecified atom stereocenters. The SMILES string of the molecule is Cc1ccc(N(C)C(=O)c2ccc(Br)c(O)c2)cc1. The van der Waals surface area contributed by atoms with Crippen LogP contribution in [0.4, 0.5) is 5.69 Å². The van der Waals surface area contributed by atoms with Crippen molar-refractivity contribution in [2.24, 2.45) is 0 Å². The molecule has 4 heteroatoms. The van der Waals surface area contributed by atoms with Gasteiger partial charge in [0.05, 0.1) is 4.47 Å². The van der Waals surface area contributed by atoms with Gasteiger partial charge in [-0.25, -0.2) is 0 Å². The highest BCUT2D eigenvalue weighted by Gasteiger charge is 2.14. The molecule has 0 aliphatic heterocycles. The predicted octanol–water partition coefficient (Wildman–Crippen LogP) is 3.74. The second-order valence-electron chi connectivity index (χ2n) is 4.37. The minimum atomic E-state index is -0.161. The lowest BCUT2D eigenvalue weighted by Crippen LogP contribution is -2.26. The molecule has 0 spiro atoms. The summed E-state index contributed by atoms with van der Waals surface area (Å²) in [5.74, 6) is -0.102. The number of phenolic OH excluding ortho intramolecular Hbond substituents is 1. The minimum Gasteiger partial charge on any atom is -0.507 e. The van der Waals surface area contributed by atoms with Gasteiger partial charge in [-0.15, -0.1) is 0 Å². The summed E-state index contributed by atoms with van der Waals surface area (Å²) in [5, 5.41) is 9.62. The van der Waals surface area contributed by atoms with E-state index in [0.717, 1.165) is 11.3 Å². The first-order valence-corrected chi connectivity index (χ1v) is 6.61. The van der Waals surface area contributed by atoms with Gasteiger partial charge in [-0.3, -0.25) is 4.79 Å². The number of carbonyl (C=O) groups is 1. The highest BCUT2D eigenvalue weighted by molar-refractivity contribution is 9.10. The Balaban J connectivity index is 2.28. The van der Waals surface area contributed by atoms with Crippen molar-refractivity contribution in [3.63, 3.8) is 0 Å². The van der Waals surface area contributed by atoms with Crippen LogP contribution in [-0.2, 0) is 0 Å². The van der Waals surface area contributed by atoms with E-state index < -0.39 is 0 Å². The molecular weight excluding hydrogens is 306 g/mol. The molecule has 0 aromatic heterocycles. The van der Waals surface area contributed by atoms with Gasteiger partial charge in [0, 0.05) is 18.3 Å². The van der Waals surface area contributed by atoms with E-state index in [0.29, 0.717) is 10.0 Å². The first-order chi connectivity index (χ1) is 8.99.